The van der Waals surface area contributed by atoms with Crippen LogP contribution in [0.25, 0.3) is 0 Å². The maximum absolute atomic E-state index is 8.25. The zero-order valence-corrected chi connectivity index (χ0v) is 3.72. The minimum Gasteiger partial charge on any atom is -0.368 e. The van der Waals surface area contributed by atoms with E-state index in [0.717, 1.165) is 0 Å². The van der Waals surface area contributed by atoms with Crippen LogP contribution in [0.1, 0.15) is 21.8 Å². The van der Waals surface area contributed by atoms with Crippen LogP contribution >= 0.6 is 0 Å². The maximum atomic E-state index is 8.25. The summed E-state index contributed by atoms with van der Waals surface area (Å²) in [4.78, 5) is 0. The second-order valence-corrected chi connectivity index (χ2v) is 0.933. The molecule has 1 atom stereocenters. The SMILES string of the molecule is C.C.CC(O)OCN. The molecule has 0 bridgehead atoms. The Bertz CT molecular complexity index is 31.6. The first kappa shape index (κ1) is 15.7. The quantitative estimate of drug-likeness (QED) is 0.526. The van der Waals surface area contributed by atoms with Crippen molar-refractivity contribution >= 4 is 0 Å². The minimum atomic E-state index is -0.727. The molecule has 0 heterocycles. The van der Waals surface area contributed by atoms with Gasteiger partial charge in [0.05, 0.1) is 6.73 Å². The van der Waals surface area contributed by atoms with Crippen LogP contribution in [0.3, 0.4) is 0 Å². The first-order valence-electron chi connectivity index (χ1n) is 1.77. The summed E-state index contributed by atoms with van der Waals surface area (Å²) in [6, 6.07) is 0. The number of hydrogen-bond acceptors (Lipinski definition) is 3. The minimum absolute atomic E-state index is 0. The fraction of sp³-hybridized carbons (Fsp3) is 1.00. The van der Waals surface area contributed by atoms with Crippen molar-refractivity contribution < 1.29 is 9.84 Å². The highest BCUT2D eigenvalue weighted by atomic mass is 16.6. The van der Waals surface area contributed by atoms with Gasteiger partial charge >= 0.3 is 0 Å². The van der Waals surface area contributed by atoms with E-state index in [1.165, 1.54) is 6.92 Å². The van der Waals surface area contributed by atoms with Crippen LogP contribution in [0.4, 0.5) is 0 Å². The lowest BCUT2D eigenvalue weighted by atomic mass is 10.8. The van der Waals surface area contributed by atoms with E-state index in [0.29, 0.717) is 0 Å². The van der Waals surface area contributed by atoms with Gasteiger partial charge in [-0.25, -0.2) is 0 Å². The standard InChI is InChI=1S/C3H9NO2.2CH4/c1-3(5)6-2-4;;/h3,5H,2,4H2,1H3;2*1H4. The van der Waals surface area contributed by atoms with Gasteiger partial charge in [-0.3, -0.25) is 0 Å². The lowest BCUT2D eigenvalue weighted by molar-refractivity contribution is -0.0826. The molecule has 0 rings (SSSR count). The molecule has 0 aromatic heterocycles. The van der Waals surface area contributed by atoms with Crippen LogP contribution in [0.15, 0.2) is 0 Å². The number of nitrogens with two attached hydrogens (primary N) is 1. The van der Waals surface area contributed by atoms with Crippen LogP contribution in [0, 0.1) is 0 Å². The van der Waals surface area contributed by atoms with Crippen LogP contribution in [0.5, 0.6) is 0 Å². The number of aliphatic hydroxyl groups excluding tert-OH is 1. The van der Waals surface area contributed by atoms with E-state index < -0.39 is 6.29 Å². The molecule has 0 fully saturated rings. The second kappa shape index (κ2) is 9.99. The molecule has 0 saturated carbocycles. The molecule has 0 amide bonds. The van der Waals surface area contributed by atoms with Gasteiger partial charge in [-0.1, -0.05) is 14.9 Å². The second-order valence-electron chi connectivity index (χ2n) is 0.933. The van der Waals surface area contributed by atoms with E-state index >= 15 is 0 Å². The summed E-state index contributed by atoms with van der Waals surface area (Å²) >= 11 is 0. The molecule has 3 heteroatoms. The maximum Gasteiger partial charge on any atom is 0.153 e. The summed E-state index contributed by atoms with van der Waals surface area (Å²) in [5, 5.41) is 8.25. The van der Waals surface area contributed by atoms with Crippen LogP contribution < -0.4 is 5.73 Å². The Kier molecular flexibility index (Phi) is 19.6. The van der Waals surface area contributed by atoms with Gasteiger partial charge in [-0.05, 0) is 6.92 Å². The van der Waals surface area contributed by atoms with Gasteiger partial charge in [0.2, 0.25) is 0 Å². The number of ether oxygens (including phenoxy) is 1. The molecule has 8 heavy (non-hydrogen) atoms. The van der Waals surface area contributed by atoms with Crippen LogP contribution in [-0.2, 0) is 4.74 Å². The Hall–Kier alpha value is -0.120. The van der Waals surface area contributed by atoms with Crippen molar-refractivity contribution in [1.82, 2.24) is 0 Å². The van der Waals surface area contributed by atoms with E-state index in [9.17, 15) is 0 Å². The summed E-state index contributed by atoms with van der Waals surface area (Å²) < 4.78 is 4.38. The van der Waals surface area contributed by atoms with Crippen molar-refractivity contribution in [2.75, 3.05) is 6.73 Å². The normalized spacial score (nSPS) is 10.9. The van der Waals surface area contributed by atoms with E-state index in [-0.39, 0.29) is 21.6 Å². The smallest absolute Gasteiger partial charge is 0.153 e. The van der Waals surface area contributed by atoms with E-state index in [2.05, 4.69) is 4.74 Å². The molecule has 0 aromatic rings. The highest BCUT2D eigenvalue weighted by Gasteiger charge is 1.85. The fourth-order valence-electron chi connectivity index (χ4n) is 0.139. The van der Waals surface area contributed by atoms with Gasteiger partial charge in [-0.15, -0.1) is 0 Å². The highest BCUT2D eigenvalue weighted by Crippen LogP contribution is 1.75. The third-order valence-electron chi connectivity index (χ3n) is 0.337. The number of aliphatic hydroxyl groups is 1. The molecule has 0 aromatic carbocycles. The third kappa shape index (κ3) is 16.9. The van der Waals surface area contributed by atoms with Gasteiger partial charge in [0.15, 0.2) is 6.29 Å². The van der Waals surface area contributed by atoms with Gasteiger partial charge < -0.3 is 15.6 Å². The van der Waals surface area contributed by atoms with Crippen molar-refractivity contribution in [3.63, 3.8) is 0 Å². The van der Waals surface area contributed by atoms with Crippen molar-refractivity contribution in [2.24, 2.45) is 5.73 Å². The molecule has 0 aliphatic rings. The molecular formula is C5H17NO2. The van der Waals surface area contributed by atoms with Gasteiger partial charge in [0, 0.05) is 0 Å². The van der Waals surface area contributed by atoms with Crippen molar-refractivity contribution in [3.8, 4) is 0 Å². The van der Waals surface area contributed by atoms with E-state index in [1.807, 2.05) is 0 Å². The summed E-state index contributed by atoms with van der Waals surface area (Å²) in [5.74, 6) is 0. The lowest BCUT2D eigenvalue weighted by Crippen LogP contribution is -2.12. The molecule has 0 saturated heterocycles. The van der Waals surface area contributed by atoms with Crippen molar-refractivity contribution in [2.45, 2.75) is 28.1 Å². The summed E-state index contributed by atoms with van der Waals surface area (Å²) in [6.07, 6.45) is -0.727. The predicted octanol–water partition coefficient (Wildman–Crippen LogP) is 0.530. The van der Waals surface area contributed by atoms with Crippen molar-refractivity contribution in [1.29, 1.82) is 0 Å². The number of rotatable bonds is 2. The molecule has 0 radical (unpaired) electrons. The lowest BCUT2D eigenvalue weighted by Gasteiger charge is -1.99. The largest absolute Gasteiger partial charge is 0.368 e. The molecule has 0 aliphatic carbocycles. The zero-order chi connectivity index (χ0) is 4.99. The van der Waals surface area contributed by atoms with Crippen LogP contribution in [-0.4, -0.2) is 18.1 Å². The molecule has 1 unspecified atom stereocenters. The topological polar surface area (TPSA) is 55.5 Å². The summed E-state index contributed by atoms with van der Waals surface area (Å²) in [7, 11) is 0. The van der Waals surface area contributed by atoms with Crippen molar-refractivity contribution in [3.05, 3.63) is 0 Å². The van der Waals surface area contributed by atoms with E-state index in [1.54, 1.807) is 0 Å². The number of hydrogen-bond donors (Lipinski definition) is 2. The predicted molar refractivity (Wildman–Crippen MR) is 35.3 cm³/mol. The Balaban J connectivity index is -0.000000125. The average Bonchev–Trinajstić information content (AvgIpc) is 1.35. The van der Waals surface area contributed by atoms with Gasteiger partial charge in [0.25, 0.3) is 0 Å². The Morgan fingerprint density at radius 1 is 1.62 bits per heavy atom. The first-order chi connectivity index (χ1) is 2.77. The summed E-state index contributed by atoms with van der Waals surface area (Å²) in [6.45, 7) is 1.59. The Morgan fingerprint density at radius 3 is 2.00 bits per heavy atom. The third-order valence-corrected chi connectivity index (χ3v) is 0.337. The fourth-order valence-corrected chi connectivity index (χ4v) is 0.139. The molecular weight excluding hydrogens is 106 g/mol. The van der Waals surface area contributed by atoms with Gasteiger partial charge in [0.1, 0.15) is 0 Å². The van der Waals surface area contributed by atoms with E-state index in [4.69, 9.17) is 10.8 Å². The molecule has 3 N–H and O–H groups in total. The molecule has 54 valence electrons. The molecule has 0 aliphatic heterocycles. The first-order valence-corrected chi connectivity index (χ1v) is 1.77. The zero-order valence-electron chi connectivity index (χ0n) is 3.72. The molecule has 3 nitrogen and oxygen atoms in total. The highest BCUT2D eigenvalue weighted by molar-refractivity contribution is 4.16. The molecule has 0 spiro atoms. The Morgan fingerprint density at radius 2 is 2.00 bits per heavy atom. The monoisotopic (exact) mass is 123 g/mol. The Labute approximate surface area is 51.5 Å². The average molecular weight is 123 g/mol. The summed E-state index contributed by atoms with van der Waals surface area (Å²) in [5.41, 5.74) is 4.85. The van der Waals surface area contributed by atoms with Gasteiger partial charge in [-0.2, -0.15) is 0 Å². The van der Waals surface area contributed by atoms with Crippen LogP contribution in [0.2, 0.25) is 0 Å².